The summed E-state index contributed by atoms with van der Waals surface area (Å²) >= 11 is 0. The van der Waals surface area contributed by atoms with E-state index in [2.05, 4.69) is 0 Å². The highest BCUT2D eigenvalue weighted by Crippen LogP contribution is 2.30. The molecule has 0 bridgehead atoms. The van der Waals surface area contributed by atoms with E-state index in [9.17, 15) is 9.18 Å². The quantitative estimate of drug-likeness (QED) is 0.675. The fourth-order valence-electron chi connectivity index (χ4n) is 2.98. The third-order valence-electron chi connectivity index (χ3n) is 4.05. The standard InChI is InChI=1S/C18H14FNO2/c19-14-8-7-12-5-3-9-20(15(12)11-14)18(21)17-10-13-4-1-2-6-16(13)22-17/h1-2,4,6-8,10-11H,3,5,9H2. The summed E-state index contributed by atoms with van der Waals surface area (Å²) in [7, 11) is 0. The summed E-state index contributed by atoms with van der Waals surface area (Å²) in [6.45, 7) is 0.576. The zero-order chi connectivity index (χ0) is 15.1. The molecule has 0 saturated heterocycles. The van der Waals surface area contributed by atoms with Crippen LogP contribution in [0, 0.1) is 5.82 Å². The maximum atomic E-state index is 13.5. The van der Waals surface area contributed by atoms with Gasteiger partial charge in [0.15, 0.2) is 5.76 Å². The van der Waals surface area contributed by atoms with Crippen molar-refractivity contribution in [1.29, 1.82) is 0 Å². The zero-order valence-electron chi connectivity index (χ0n) is 11.9. The van der Waals surface area contributed by atoms with E-state index in [1.165, 1.54) is 12.1 Å². The highest BCUT2D eigenvalue weighted by Gasteiger charge is 2.26. The normalized spacial score (nSPS) is 14.1. The third kappa shape index (κ3) is 2.08. The van der Waals surface area contributed by atoms with Crippen molar-refractivity contribution in [3.05, 3.63) is 65.7 Å². The number of furan rings is 1. The van der Waals surface area contributed by atoms with Crippen molar-refractivity contribution in [1.82, 2.24) is 0 Å². The molecule has 3 aromatic rings. The van der Waals surface area contributed by atoms with Gasteiger partial charge >= 0.3 is 0 Å². The fourth-order valence-corrected chi connectivity index (χ4v) is 2.98. The number of carbonyl (C=O) groups is 1. The van der Waals surface area contributed by atoms with Gasteiger partial charge < -0.3 is 9.32 Å². The largest absolute Gasteiger partial charge is 0.451 e. The average Bonchev–Trinajstić information content (AvgIpc) is 2.97. The van der Waals surface area contributed by atoms with Crippen LogP contribution in [0.5, 0.6) is 0 Å². The molecule has 110 valence electrons. The topological polar surface area (TPSA) is 33.5 Å². The molecule has 0 spiro atoms. The van der Waals surface area contributed by atoms with Crippen molar-refractivity contribution < 1.29 is 13.6 Å². The lowest BCUT2D eigenvalue weighted by Crippen LogP contribution is -2.35. The smallest absolute Gasteiger partial charge is 0.294 e. The predicted molar refractivity (Wildman–Crippen MR) is 82.6 cm³/mol. The van der Waals surface area contributed by atoms with Crippen molar-refractivity contribution in [3.8, 4) is 0 Å². The molecule has 4 rings (SSSR count). The Kier molecular flexibility index (Phi) is 2.96. The molecule has 22 heavy (non-hydrogen) atoms. The summed E-state index contributed by atoms with van der Waals surface area (Å²) in [5.41, 5.74) is 2.33. The summed E-state index contributed by atoms with van der Waals surface area (Å²) in [6, 6.07) is 13.9. The number of benzene rings is 2. The van der Waals surface area contributed by atoms with Crippen molar-refractivity contribution in [2.24, 2.45) is 0 Å². The Morgan fingerprint density at radius 3 is 2.86 bits per heavy atom. The first kappa shape index (κ1) is 13.1. The number of anilines is 1. The first-order valence-corrected chi connectivity index (χ1v) is 7.31. The second kappa shape index (κ2) is 4.98. The van der Waals surface area contributed by atoms with Gasteiger partial charge in [-0.1, -0.05) is 24.3 Å². The monoisotopic (exact) mass is 295 g/mol. The van der Waals surface area contributed by atoms with Crippen molar-refractivity contribution in [3.63, 3.8) is 0 Å². The van der Waals surface area contributed by atoms with Crippen LogP contribution < -0.4 is 4.90 Å². The summed E-state index contributed by atoms with van der Waals surface area (Å²) in [4.78, 5) is 14.4. The minimum atomic E-state index is -0.331. The molecule has 0 saturated carbocycles. The number of hydrogen-bond donors (Lipinski definition) is 0. The zero-order valence-corrected chi connectivity index (χ0v) is 11.9. The highest BCUT2D eigenvalue weighted by molar-refractivity contribution is 6.06. The molecular formula is C18H14FNO2. The molecule has 0 unspecified atom stereocenters. The van der Waals surface area contributed by atoms with Crippen LogP contribution in [0.2, 0.25) is 0 Å². The van der Waals surface area contributed by atoms with Crippen molar-refractivity contribution in [2.75, 3.05) is 11.4 Å². The SMILES string of the molecule is O=C(c1cc2ccccc2o1)N1CCCc2ccc(F)cc21. The van der Waals surface area contributed by atoms with Crippen molar-refractivity contribution in [2.45, 2.75) is 12.8 Å². The number of nitrogens with zero attached hydrogens (tertiary/aromatic N) is 1. The van der Waals surface area contributed by atoms with E-state index in [0.29, 0.717) is 23.6 Å². The fraction of sp³-hybridized carbons (Fsp3) is 0.167. The molecule has 0 atom stereocenters. The summed E-state index contributed by atoms with van der Waals surface area (Å²) < 4.78 is 19.2. The van der Waals surface area contributed by atoms with Gasteiger partial charge in [0.25, 0.3) is 5.91 Å². The molecule has 1 aliphatic heterocycles. The molecule has 1 amide bonds. The van der Waals surface area contributed by atoms with Crippen LogP contribution >= 0.6 is 0 Å². The third-order valence-corrected chi connectivity index (χ3v) is 4.05. The molecular weight excluding hydrogens is 281 g/mol. The number of fused-ring (bicyclic) bond motifs is 2. The molecule has 1 aliphatic rings. The van der Waals surface area contributed by atoms with Crippen LogP contribution in [-0.2, 0) is 6.42 Å². The van der Waals surface area contributed by atoms with Crippen LogP contribution in [0.3, 0.4) is 0 Å². The molecule has 0 aliphatic carbocycles. The number of rotatable bonds is 1. The molecule has 1 aromatic heterocycles. The van der Waals surface area contributed by atoms with E-state index in [-0.39, 0.29) is 11.7 Å². The van der Waals surface area contributed by atoms with E-state index < -0.39 is 0 Å². The van der Waals surface area contributed by atoms with E-state index in [4.69, 9.17) is 4.42 Å². The maximum absolute atomic E-state index is 13.5. The number of halogens is 1. The van der Waals surface area contributed by atoms with Gasteiger partial charge in [0, 0.05) is 11.9 Å². The number of carbonyl (C=O) groups excluding carboxylic acids is 1. The summed E-state index contributed by atoms with van der Waals surface area (Å²) in [5.74, 6) is -0.260. The molecule has 2 aromatic carbocycles. The Labute approximate surface area is 127 Å². The van der Waals surface area contributed by atoms with Gasteiger partial charge in [-0.2, -0.15) is 0 Å². The second-order valence-corrected chi connectivity index (χ2v) is 5.48. The van der Waals surface area contributed by atoms with E-state index in [0.717, 1.165) is 23.8 Å². The first-order valence-electron chi connectivity index (χ1n) is 7.31. The first-order chi connectivity index (χ1) is 10.7. The van der Waals surface area contributed by atoms with Gasteiger partial charge in [-0.25, -0.2) is 4.39 Å². The minimum Gasteiger partial charge on any atom is -0.451 e. The lowest BCUT2D eigenvalue weighted by Gasteiger charge is -2.28. The Hall–Kier alpha value is -2.62. The second-order valence-electron chi connectivity index (χ2n) is 5.48. The van der Waals surface area contributed by atoms with Crippen LogP contribution in [0.15, 0.2) is 52.9 Å². The lowest BCUT2D eigenvalue weighted by atomic mass is 10.0. The number of para-hydroxylation sites is 1. The Morgan fingerprint density at radius 1 is 1.14 bits per heavy atom. The van der Waals surface area contributed by atoms with Gasteiger partial charge in [-0.3, -0.25) is 4.79 Å². The van der Waals surface area contributed by atoms with Crippen LogP contribution in [0.1, 0.15) is 22.5 Å². The number of amides is 1. The van der Waals surface area contributed by atoms with Crippen LogP contribution in [0.4, 0.5) is 10.1 Å². The van der Waals surface area contributed by atoms with E-state index in [1.54, 1.807) is 17.0 Å². The predicted octanol–water partition coefficient (Wildman–Crippen LogP) is 4.16. The van der Waals surface area contributed by atoms with Gasteiger partial charge in [0.1, 0.15) is 11.4 Å². The minimum absolute atomic E-state index is 0.220. The Morgan fingerprint density at radius 2 is 2.00 bits per heavy atom. The average molecular weight is 295 g/mol. The van der Waals surface area contributed by atoms with Gasteiger partial charge in [-0.05, 0) is 42.7 Å². The molecule has 0 fully saturated rings. The maximum Gasteiger partial charge on any atom is 0.294 e. The molecule has 0 N–H and O–H groups in total. The number of aryl methyl sites for hydroxylation is 1. The number of hydrogen-bond acceptors (Lipinski definition) is 2. The van der Waals surface area contributed by atoms with Gasteiger partial charge in [0.05, 0.1) is 5.69 Å². The van der Waals surface area contributed by atoms with E-state index >= 15 is 0 Å². The van der Waals surface area contributed by atoms with Gasteiger partial charge in [0.2, 0.25) is 0 Å². The van der Waals surface area contributed by atoms with Gasteiger partial charge in [-0.15, -0.1) is 0 Å². The Balaban J connectivity index is 1.76. The Bertz CT molecular complexity index is 835. The summed E-state index contributed by atoms with van der Waals surface area (Å²) in [5, 5.41) is 0.891. The molecule has 0 radical (unpaired) electrons. The lowest BCUT2D eigenvalue weighted by molar-refractivity contribution is 0.0960. The summed E-state index contributed by atoms with van der Waals surface area (Å²) in [6.07, 6.45) is 1.73. The van der Waals surface area contributed by atoms with Crippen LogP contribution in [-0.4, -0.2) is 12.5 Å². The molecule has 4 heteroatoms. The highest BCUT2D eigenvalue weighted by atomic mass is 19.1. The molecule has 2 heterocycles. The van der Waals surface area contributed by atoms with E-state index in [1.807, 2.05) is 24.3 Å². The van der Waals surface area contributed by atoms with Crippen molar-refractivity contribution >= 4 is 22.6 Å². The van der Waals surface area contributed by atoms with Crippen LogP contribution in [0.25, 0.3) is 11.0 Å². The molecule has 3 nitrogen and oxygen atoms in total.